The Labute approximate surface area is 233 Å². The van der Waals surface area contributed by atoms with Crippen LogP contribution in [0.25, 0.3) is 21.5 Å². The normalized spacial score (nSPS) is 22.9. The molecule has 38 heavy (non-hydrogen) atoms. The molecule has 0 amide bonds. The maximum absolute atomic E-state index is 11.4. The zero-order valence-corrected chi connectivity index (χ0v) is 22.7. The summed E-state index contributed by atoms with van der Waals surface area (Å²) in [6.45, 7) is 1.29. The lowest BCUT2D eigenvalue weighted by atomic mass is 9.78. The molecule has 2 saturated heterocycles. The molecule has 3 atom stereocenters. The monoisotopic (exact) mass is 569 g/mol. The van der Waals surface area contributed by atoms with Gasteiger partial charge in [0.05, 0.1) is 38.5 Å². The third-order valence-electron chi connectivity index (χ3n) is 8.05. The second-order valence-corrected chi connectivity index (χ2v) is 12.3. The van der Waals surface area contributed by atoms with E-state index in [1.807, 2.05) is 18.2 Å². The van der Waals surface area contributed by atoms with Crippen LogP contribution in [0.2, 0.25) is 10.0 Å². The number of hydrogen-bond acceptors (Lipinski definition) is 7. The molecule has 2 bridgehead atoms. The number of piperidine rings is 2. The number of carboxylic acids is 1. The number of hydrogen-bond donors (Lipinski definition) is 1. The number of rotatable bonds is 7. The minimum atomic E-state index is -0.920. The van der Waals surface area contributed by atoms with Crippen LogP contribution < -0.4 is 4.90 Å². The number of benzene rings is 2. The quantitative estimate of drug-likeness (QED) is 0.248. The van der Waals surface area contributed by atoms with Crippen LogP contribution in [0.1, 0.15) is 59.7 Å². The van der Waals surface area contributed by atoms with Gasteiger partial charge in [-0.15, -0.1) is 0 Å². The van der Waals surface area contributed by atoms with Crippen LogP contribution in [0.4, 0.5) is 5.13 Å². The SMILES string of the molecule is O=C(O)c1ccc2nc(N3C[C@H]4CC[C@@H]3C[C@@H]4OCc3c(-c4c(Cl)cccc4Cl)noc3C3CC3)sc2c1. The number of fused-ring (bicyclic) bond motifs is 4. The maximum Gasteiger partial charge on any atom is 0.335 e. The summed E-state index contributed by atoms with van der Waals surface area (Å²) in [6, 6.07) is 10.9. The molecule has 10 heteroatoms. The number of thiazole rings is 1. The summed E-state index contributed by atoms with van der Waals surface area (Å²) in [5.74, 6) is 0.749. The van der Waals surface area contributed by atoms with Crippen LogP contribution in [0, 0.1) is 5.92 Å². The van der Waals surface area contributed by atoms with Crippen molar-refractivity contribution in [1.82, 2.24) is 10.1 Å². The zero-order chi connectivity index (χ0) is 26.0. The van der Waals surface area contributed by atoms with Gasteiger partial charge in [0, 0.05) is 35.5 Å². The average Bonchev–Trinajstić information content (AvgIpc) is 3.53. The van der Waals surface area contributed by atoms with Crippen LogP contribution in [0.3, 0.4) is 0 Å². The molecule has 2 aromatic carbocycles. The highest BCUT2D eigenvalue weighted by atomic mass is 35.5. The van der Waals surface area contributed by atoms with Gasteiger partial charge in [0.1, 0.15) is 11.5 Å². The lowest BCUT2D eigenvalue weighted by Crippen LogP contribution is -2.55. The topological polar surface area (TPSA) is 88.7 Å². The summed E-state index contributed by atoms with van der Waals surface area (Å²) in [4.78, 5) is 18.6. The minimum absolute atomic E-state index is 0.134. The van der Waals surface area contributed by atoms with Crippen molar-refractivity contribution < 1.29 is 19.2 Å². The van der Waals surface area contributed by atoms with E-state index in [1.165, 1.54) is 0 Å². The van der Waals surface area contributed by atoms with E-state index >= 15 is 0 Å². The molecule has 0 radical (unpaired) electrons. The van der Waals surface area contributed by atoms with E-state index in [0.29, 0.717) is 45.8 Å². The Morgan fingerprint density at radius 2 is 1.97 bits per heavy atom. The number of anilines is 1. The van der Waals surface area contributed by atoms with E-state index in [4.69, 9.17) is 37.4 Å². The van der Waals surface area contributed by atoms with Crippen molar-refractivity contribution in [3.63, 3.8) is 0 Å². The predicted molar refractivity (Wildman–Crippen MR) is 148 cm³/mol. The summed E-state index contributed by atoms with van der Waals surface area (Å²) in [7, 11) is 0. The number of carbonyl (C=O) groups is 1. The molecule has 4 heterocycles. The summed E-state index contributed by atoms with van der Waals surface area (Å²) >= 11 is 14.6. The third kappa shape index (κ3) is 4.28. The second-order valence-electron chi connectivity index (χ2n) is 10.5. The molecular weight excluding hydrogens is 545 g/mol. The number of aromatic carboxylic acids is 1. The molecule has 2 saturated carbocycles. The highest BCUT2D eigenvalue weighted by molar-refractivity contribution is 7.22. The fourth-order valence-electron chi connectivity index (χ4n) is 5.91. The first-order valence-electron chi connectivity index (χ1n) is 12.9. The zero-order valence-electron chi connectivity index (χ0n) is 20.4. The largest absolute Gasteiger partial charge is 0.478 e. The van der Waals surface area contributed by atoms with Gasteiger partial charge in [-0.2, -0.15) is 0 Å². The predicted octanol–water partition coefficient (Wildman–Crippen LogP) is 7.41. The van der Waals surface area contributed by atoms with Gasteiger partial charge in [-0.05, 0) is 62.4 Å². The van der Waals surface area contributed by atoms with Crippen molar-refractivity contribution in [2.75, 3.05) is 11.4 Å². The summed E-state index contributed by atoms with van der Waals surface area (Å²) < 4.78 is 13.3. The van der Waals surface area contributed by atoms with E-state index in [9.17, 15) is 9.90 Å². The molecule has 8 rings (SSSR count). The summed E-state index contributed by atoms with van der Waals surface area (Å²) in [5, 5.41) is 15.8. The smallest absolute Gasteiger partial charge is 0.335 e. The molecular formula is C28H25Cl2N3O4S. The Bertz CT molecular complexity index is 1530. The third-order valence-corrected chi connectivity index (χ3v) is 9.74. The van der Waals surface area contributed by atoms with Crippen LogP contribution in [0.15, 0.2) is 40.9 Å². The molecule has 2 aromatic heterocycles. The Hall–Kier alpha value is -2.65. The lowest BCUT2D eigenvalue weighted by molar-refractivity contribution is -0.0401. The first-order valence-corrected chi connectivity index (χ1v) is 14.5. The Morgan fingerprint density at radius 1 is 1.16 bits per heavy atom. The van der Waals surface area contributed by atoms with Crippen molar-refractivity contribution in [2.24, 2.45) is 5.92 Å². The number of ether oxygens (including phenoxy) is 1. The van der Waals surface area contributed by atoms with Crippen molar-refractivity contribution in [3.05, 3.63) is 63.3 Å². The van der Waals surface area contributed by atoms with E-state index in [-0.39, 0.29) is 11.7 Å². The standard InChI is InChI=1S/C28H25Cl2N3O4S/c29-19-2-1-3-20(30)24(19)25-18(26(37-32-25)14-4-5-14)13-36-22-11-17-8-6-16(22)12-33(17)28-31-21-9-7-15(27(34)35)10-23(21)38-28/h1-3,7,9-10,14,16-17,22H,4-6,8,11-13H2,(H,34,35)/t16-,17-,22+/m1/s1. The Balaban J connectivity index is 1.10. The first kappa shape index (κ1) is 24.4. The minimum Gasteiger partial charge on any atom is -0.478 e. The van der Waals surface area contributed by atoms with Gasteiger partial charge in [0.25, 0.3) is 0 Å². The maximum atomic E-state index is 11.4. The molecule has 1 N–H and O–H groups in total. The van der Waals surface area contributed by atoms with Gasteiger partial charge < -0.3 is 19.3 Å². The highest BCUT2D eigenvalue weighted by Crippen LogP contribution is 2.47. The van der Waals surface area contributed by atoms with E-state index < -0.39 is 5.97 Å². The fraction of sp³-hybridized carbons (Fsp3) is 0.393. The number of carboxylic acid groups (broad SMARTS) is 1. The lowest BCUT2D eigenvalue weighted by Gasteiger charge is -2.49. The molecule has 2 aliphatic heterocycles. The molecule has 4 aliphatic rings. The first-order chi connectivity index (χ1) is 18.5. The molecule has 0 unspecified atom stereocenters. The van der Waals surface area contributed by atoms with Gasteiger partial charge in [-0.1, -0.05) is 45.8 Å². The molecule has 196 valence electrons. The molecule has 4 aromatic rings. The average molecular weight is 570 g/mol. The van der Waals surface area contributed by atoms with Crippen molar-refractivity contribution in [3.8, 4) is 11.3 Å². The Kier molecular flexibility index (Phi) is 6.11. The van der Waals surface area contributed by atoms with Gasteiger partial charge >= 0.3 is 5.97 Å². The molecule has 7 nitrogen and oxygen atoms in total. The van der Waals surface area contributed by atoms with Gasteiger partial charge in [-0.25, -0.2) is 9.78 Å². The van der Waals surface area contributed by atoms with E-state index in [0.717, 1.165) is 65.3 Å². The summed E-state index contributed by atoms with van der Waals surface area (Å²) in [6.07, 6.45) is 5.46. The molecule has 0 spiro atoms. The van der Waals surface area contributed by atoms with Crippen LogP contribution in [-0.2, 0) is 11.3 Å². The molecule has 2 aliphatic carbocycles. The van der Waals surface area contributed by atoms with E-state index in [2.05, 4.69) is 10.1 Å². The van der Waals surface area contributed by atoms with Crippen molar-refractivity contribution in [2.45, 2.75) is 56.8 Å². The number of nitrogens with zero attached hydrogens (tertiary/aromatic N) is 3. The van der Waals surface area contributed by atoms with Crippen molar-refractivity contribution >= 4 is 55.9 Å². The second kappa shape index (κ2) is 9.52. The van der Waals surface area contributed by atoms with Gasteiger partial charge in [0.2, 0.25) is 0 Å². The number of aromatic nitrogens is 2. The summed E-state index contributed by atoms with van der Waals surface area (Å²) in [5.41, 5.74) is 3.47. The van der Waals surface area contributed by atoms with Crippen LogP contribution in [0.5, 0.6) is 0 Å². The highest BCUT2D eigenvalue weighted by Gasteiger charge is 2.43. The van der Waals surface area contributed by atoms with Crippen LogP contribution in [-0.4, -0.2) is 39.9 Å². The number of halogens is 2. The fourth-order valence-corrected chi connectivity index (χ4v) is 7.57. The van der Waals surface area contributed by atoms with Gasteiger partial charge in [-0.3, -0.25) is 0 Å². The van der Waals surface area contributed by atoms with Crippen molar-refractivity contribution in [1.29, 1.82) is 0 Å². The Morgan fingerprint density at radius 3 is 2.68 bits per heavy atom. The van der Waals surface area contributed by atoms with E-state index in [1.54, 1.807) is 29.5 Å². The molecule has 4 fully saturated rings. The van der Waals surface area contributed by atoms with Crippen LogP contribution >= 0.6 is 34.5 Å². The van der Waals surface area contributed by atoms with Gasteiger partial charge in [0.15, 0.2) is 5.13 Å².